The van der Waals surface area contributed by atoms with Crippen molar-refractivity contribution in [2.45, 2.75) is 38.1 Å². The van der Waals surface area contributed by atoms with Gasteiger partial charge in [0.25, 0.3) is 0 Å². The molecule has 1 heterocycles. The van der Waals surface area contributed by atoms with E-state index in [-0.39, 0.29) is 24.4 Å². The largest absolute Gasteiger partial charge is 0.497 e. The van der Waals surface area contributed by atoms with Crippen LogP contribution >= 0.6 is 12.4 Å². The summed E-state index contributed by atoms with van der Waals surface area (Å²) >= 11 is 0. The van der Waals surface area contributed by atoms with Crippen molar-refractivity contribution in [2.75, 3.05) is 20.2 Å². The lowest BCUT2D eigenvalue weighted by Gasteiger charge is -2.30. The van der Waals surface area contributed by atoms with Crippen LogP contribution in [-0.4, -0.2) is 31.0 Å². The average molecular weight is 339 g/mol. The highest BCUT2D eigenvalue weighted by atomic mass is 35.5. The van der Waals surface area contributed by atoms with Crippen LogP contribution in [-0.2, 0) is 4.79 Å². The van der Waals surface area contributed by atoms with Crippen molar-refractivity contribution in [3.05, 3.63) is 29.8 Å². The van der Waals surface area contributed by atoms with Gasteiger partial charge in [-0.1, -0.05) is 18.6 Å². The first-order valence-electron chi connectivity index (χ1n) is 8.39. The second kappa shape index (κ2) is 8.02. The van der Waals surface area contributed by atoms with Crippen molar-refractivity contribution >= 4 is 18.3 Å². The van der Waals surface area contributed by atoms with Crippen molar-refractivity contribution < 1.29 is 9.53 Å². The molecule has 5 heteroatoms. The second-order valence-corrected chi connectivity index (χ2v) is 6.50. The van der Waals surface area contributed by atoms with E-state index in [0.29, 0.717) is 18.4 Å². The number of carbonyl (C=O) groups excluding carboxylic acids is 1. The van der Waals surface area contributed by atoms with Gasteiger partial charge in [0, 0.05) is 12.5 Å². The van der Waals surface area contributed by atoms with E-state index in [1.165, 1.54) is 5.56 Å². The number of nitrogens with zero attached hydrogens (tertiary/aromatic N) is 1. The van der Waals surface area contributed by atoms with Gasteiger partial charge in [0.2, 0.25) is 5.91 Å². The second-order valence-electron chi connectivity index (χ2n) is 6.50. The Morgan fingerprint density at radius 2 is 2.13 bits per heavy atom. The van der Waals surface area contributed by atoms with Gasteiger partial charge < -0.3 is 15.4 Å². The SMILES string of the molecule is COc1cccc(C2CCCN2C(=O)[C@@H]2CCC[C@@H]2CN)c1.Cl. The highest BCUT2D eigenvalue weighted by Crippen LogP contribution is 2.39. The average Bonchev–Trinajstić information content (AvgIpc) is 3.23. The van der Waals surface area contributed by atoms with Gasteiger partial charge in [0.1, 0.15) is 5.75 Å². The van der Waals surface area contributed by atoms with Crippen LogP contribution in [0.2, 0.25) is 0 Å². The molecule has 1 saturated heterocycles. The lowest BCUT2D eigenvalue weighted by atomic mass is 9.94. The highest BCUT2D eigenvalue weighted by Gasteiger charge is 2.39. The normalized spacial score (nSPS) is 26.9. The fourth-order valence-electron chi connectivity index (χ4n) is 4.08. The molecule has 3 atom stereocenters. The number of halogens is 1. The van der Waals surface area contributed by atoms with E-state index in [1.807, 2.05) is 12.1 Å². The predicted octanol–water partition coefficient (Wildman–Crippen LogP) is 3.16. The molecule has 3 rings (SSSR count). The molecule has 23 heavy (non-hydrogen) atoms. The molecule has 1 amide bonds. The van der Waals surface area contributed by atoms with Crippen molar-refractivity contribution in [3.63, 3.8) is 0 Å². The number of hydrogen-bond donors (Lipinski definition) is 1. The van der Waals surface area contributed by atoms with E-state index in [9.17, 15) is 4.79 Å². The minimum atomic E-state index is 0. The Morgan fingerprint density at radius 1 is 1.30 bits per heavy atom. The number of nitrogens with two attached hydrogens (primary N) is 1. The van der Waals surface area contributed by atoms with Crippen molar-refractivity contribution in [1.29, 1.82) is 0 Å². The number of ether oxygens (including phenoxy) is 1. The van der Waals surface area contributed by atoms with Crippen LogP contribution in [0.15, 0.2) is 24.3 Å². The van der Waals surface area contributed by atoms with Crippen LogP contribution in [0.3, 0.4) is 0 Å². The molecular formula is C18H27ClN2O2. The maximum Gasteiger partial charge on any atom is 0.226 e. The summed E-state index contributed by atoms with van der Waals surface area (Å²) in [4.78, 5) is 15.1. The van der Waals surface area contributed by atoms with Crippen LogP contribution in [0.5, 0.6) is 5.75 Å². The molecule has 1 aromatic rings. The van der Waals surface area contributed by atoms with Crippen LogP contribution in [0.1, 0.15) is 43.7 Å². The zero-order valence-electron chi connectivity index (χ0n) is 13.7. The summed E-state index contributed by atoms with van der Waals surface area (Å²) in [6, 6.07) is 8.32. The third-order valence-corrected chi connectivity index (χ3v) is 5.29. The summed E-state index contributed by atoms with van der Waals surface area (Å²) in [6.45, 7) is 1.50. The van der Waals surface area contributed by atoms with E-state index >= 15 is 0 Å². The smallest absolute Gasteiger partial charge is 0.226 e. The third kappa shape index (κ3) is 3.64. The molecule has 1 aliphatic heterocycles. The van der Waals surface area contributed by atoms with Crippen molar-refractivity contribution in [1.82, 2.24) is 4.90 Å². The molecule has 2 N–H and O–H groups in total. The van der Waals surface area contributed by atoms with Gasteiger partial charge in [-0.15, -0.1) is 12.4 Å². The Balaban J connectivity index is 0.00000192. The fourth-order valence-corrected chi connectivity index (χ4v) is 4.08. The minimum absolute atomic E-state index is 0. The number of carbonyl (C=O) groups is 1. The molecule has 1 aromatic carbocycles. The first-order valence-corrected chi connectivity index (χ1v) is 8.39. The van der Waals surface area contributed by atoms with E-state index in [4.69, 9.17) is 10.5 Å². The monoisotopic (exact) mass is 338 g/mol. The van der Waals surface area contributed by atoms with E-state index in [1.54, 1.807) is 7.11 Å². The summed E-state index contributed by atoms with van der Waals surface area (Å²) in [5.74, 6) is 1.69. The van der Waals surface area contributed by atoms with Gasteiger partial charge >= 0.3 is 0 Å². The van der Waals surface area contributed by atoms with Gasteiger partial charge in [-0.3, -0.25) is 4.79 Å². The molecule has 1 saturated carbocycles. The standard InChI is InChI=1S/C18H26N2O2.ClH/c1-22-15-7-2-5-13(11-15)17-9-4-10-20(17)18(21)16-8-3-6-14(16)12-19;/h2,5,7,11,14,16-17H,3-4,6,8-10,12,19H2,1H3;1H/t14-,16-,17?;/m1./s1. The minimum Gasteiger partial charge on any atom is -0.497 e. The van der Waals surface area contributed by atoms with Gasteiger partial charge in [0.05, 0.1) is 13.2 Å². The van der Waals surface area contributed by atoms with Gasteiger partial charge in [-0.2, -0.15) is 0 Å². The quantitative estimate of drug-likeness (QED) is 0.917. The maximum absolute atomic E-state index is 13.0. The zero-order valence-corrected chi connectivity index (χ0v) is 14.6. The molecule has 1 unspecified atom stereocenters. The zero-order chi connectivity index (χ0) is 15.5. The lowest BCUT2D eigenvalue weighted by Crippen LogP contribution is -2.38. The lowest BCUT2D eigenvalue weighted by molar-refractivity contribution is -0.137. The summed E-state index contributed by atoms with van der Waals surface area (Å²) < 4.78 is 5.32. The van der Waals surface area contributed by atoms with Crippen LogP contribution in [0, 0.1) is 11.8 Å². The topological polar surface area (TPSA) is 55.6 Å². The first-order chi connectivity index (χ1) is 10.7. The number of hydrogen-bond acceptors (Lipinski definition) is 3. The Hall–Kier alpha value is -1.26. The highest BCUT2D eigenvalue weighted by molar-refractivity contribution is 5.85. The molecule has 0 spiro atoms. The Bertz CT molecular complexity index is 538. The molecular weight excluding hydrogens is 312 g/mol. The first kappa shape index (κ1) is 18.1. The molecule has 0 radical (unpaired) electrons. The summed E-state index contributed by atoms with van der Waals surface area (Å²) in [5, 5.41) is 0. The summed E-state index contributed by atoms with van der Waals surface area (Å²) in [5.41, 5.74) is 7.04. The summed E-state index contributed by atoms with van der Waals surface area (Å²) in [7, 11) is 1.68. The third-order valence-electron chi connectivity index (χ3n) is 5.29. The molecule has 0 bridgehead atoms. The number of methoxy groups -OCH3 is 1. The number of rotatable bonds is 4. The van der Waals surface area contributed by atoms with Crippen LogP contribution in [0.4, 0.5) is 0 Å². The maximum atomic E-state index is 13.0. The van der Waals surface area contributed by atoms with Crippen molar-refractivity contribution in [3.8, 4) is 5.75 Å². The molecule has 2 aliphatic rings. The molecule has 128 valence electrons. The van der Waals surface area contributed by atoms with E-state index < -0.39 is 0 Å². The Kier molecular flexibility index (Phi) is 6.31. The Labute approximate surface area is 144 Å². The molecule has 4 nitrogen and oxygen atoms in total. The summed E-state index contributed by atoms with van der Waals surface area (Å²) in [6.07, 6.45) is 5.36. The predicted molar refractivity (Wildman–Crippen MR) is 93.8 cm³/mol. The fraction of sp³-hybridized carbons (Fsp3) is 0.611. The Morgan fingerprint density at radius 3 is 2.87 bits per heavy atom. The van der Waals surface area contributed by atoms with Gasteiger partial charge in [-0.05, 0) is 55.8 Å². The van der Waals surface area contributed by atoms with Crippen LogP contribution in [0.25, 0.3) is 0 Å². The number of likely N-dealkylation sites (tertiary alicyclic amines) is 1. The molecule has 1 aliphatic carbocycles. The molecule has 0 aromatic heterocycles. The van der Waals surface area contributed by atoms with E-state index in [2.05, 4.69) is 17.0 Å². The molecule has 2 fully saturated rings. The van der Waals surface area contributed by atoms with Gasteiger partial charge in [-0.25, -0.2) is 0 Å². The van der Waals surface area contributed by atoms with E-state index in [0.717, 1.165) is 44.4 Å². The van der Waals surface area contributed by atoms with Gasteiger partial charge in [0.15, 0.2) is 0 Å². The number of amides is 1. The van der Waals surface area contributed by atoms with Crippen LogP contribution < -0.4 is 10.5 Å². The number of benzene rings is 1. The van der Waals surface area contributed by atoms with Crippen molar-refractivity contribution in [2.24, 2.45) is 17.6 Å².